The second-order valence-electron chi connectivity index (χ2n) is 5.23. The monoisotopic (exact) mass is 353 g/mol. The molecule has 1 saturated carbocycles. The van der Waals surface area contributed by atoms with E-state index in [9.17, 15) is 17.6 Å². The summed E-state index contributed by atoms with van der Waals surface area (Å²) in [5, 5.41) is 2.52. The first kappa shape index (κ1) is 16.5. The minimum atomic E-state index is -4.31. The van der Waals surface area contributed by atoms with Gasteiger partial charge in [0.2, 0.25) is 0 Å². The summed E-state index contributed by atoms with van der Waals surface area (Å²) in [6.45, 7) is 2.40. The first-order valence-electron chi connectivity index (χ1n) is 6.42. The highest BCUT2D eigenvalue weighted by Crippen LogP contribution is 2.36. The van der Waals surface area contributed by atoms with Gasteiger partial charge in [-0.1, -0.05) is 18.5 Å². The summed E-state index contributed by atoms with van der Waals surface area (Å²) >= 11 is 5.73. The number of hydrogen-bond acceptors (Lipinski definition) is 3. The maximum Gasteiger partial charge on any atom is 0.264 e. The van der Waals surface area contributed by atoms with Gasteiger partial charge in [-0.2, -0.15) is 0 Å². The van der Waals surface area contributed by atoms with Gasteiger partial charge in [0.05, 0.1) is 5.56 Å². The summed E-state index contributed by atoms with van der Waals surface area (Å²) in [5.41, 5.74) is -0.426. The average Bonchev–Trinajstić information content (AvgIpc) is 3.20. The number of nitrogens with one attached hydrogen (secondary N) is 1. The van der Waals surface area contributed by atoms with Crippen LogP contribution in [0.5, 0.6) is 0 Å². The molecule has 1 aliphatic carbocycles. The van der Waals surface area contributed by atoms with Gasteiger partial charge in [-0.25, -0.2) is 12.8 Å². The molecule has 1 N–H and O–H groups in total. The molecule has 1 aromatic rings. The molecule has 0 heterocycles. The van der Waals surface area contributed by atoms with Gasteiger partial charge in [0.1, 0.15) is 4.90 Å². The topological polar surface area (TPSA) is 63.2 Å². The van der Waals surface area contributed by atoms with Crippen molar-refractivity contribution in [1.29, 1.82) is 0 Å². The Labute approximate surface area is 132 Å². The van der Waals surface area contributed by atoms with Crippen LogP contribution in [0.15, 0.2) is 17.0 Å². The molecule has 116 valence electrons. The summed E-state index contributed by atoms with van der Waals surface area (Å²) in [6, 6.07) is 1.96. The summed E-state index contributed by atoms with van der Waals surface area (Å²) in [7, 11) is 0.818. The Morgan fingerprint density at radius 2 is 2.10 bits per heavy atom. The quantitative estimate of drug-likeness (QED) is 0.826. The number of carbonyl (C=O) groups excluding carboxylic acids is 1. The van der Waals surface area contributed by atoms with Crippen LogP contribution < -0.4 is 5.32 Å². The van der Waals surface area contributed by atoms with E-state index in [1.165, 1.54) is 0 Å². The fourth-order valence-electron chi connectivity index (χ4n) is 2.09. The summed E-state index contributed by atoms with van der Waals surface area (Å²) in [6.07, 6.45) is 2.27. The Morgan fingerprint density at radius 3 is 2.62 bits per heavy atom. The Bertz CT molecular complexity index is 674. The van der Waals surface area contributed by atoms with Gasteiger partial charge in [-0.15, -0.1) is 0 Å². The van der Waals surface area contributed by atoms with Gasteiger partial charge in [0.25, 0.3) is 15.0 Å². The molecule has 0 aliphatic heterocycles. The SMILES string of the molecule is CC(CNC(=O)c1cc(Cl)cc(S(=O)(=O)Cl)c1F)C1CC1. The third-order valence-corrected chi connectivity index (χ3v) is 5.06. The van der Waals surface area contributed by atoms with Crippen LogP contribution in [-0.2, 0) is 9.05 Å². The number of benzene rings is 1. The Balaban J connectivity index is 2.22. The van der Waals surface area contributed by atoms with E-state index in [0.717, 1.165) is 25.0 Å². The lowest BCUT2D eigenvalue weighted by Gasteiger charge is -2.12. The van der Waals surface area contributed by atoms with Crippen LogP contribution in [0.2, 0.25) is 5.02 Å². The van der Waals surface area contributed by atoms with E-state index in [4.69, 9.17) is 22.3 Å². The molecular weight excluding hydrogens is 340 g/mol. The molecule has 1 aliphatic rings. The molecule has 4 nitrogen and oxygen atoms in total. The Morgan fingerprint density at radius 1 is 1.48 bits per heavy atom. The van der Waals surface area contributed by atoms with Gasteiger partial charge < -0.3 is 5.32 Å². The predicted molar refractivity (Wildman–Crippen MR) is 78.7 cm³/mol. The third-order valence-electron chi connectivity index (χ3n) is 3.52. The van der Waals surface area contributed by atoms with Gasteiger partial charge >= 0.3 is 0 Å². The van der Waals surface area contributed by atoms with Crippen molar-refractivity contribution in [3.63, 3.8) is 0 Å². The smallest absolute Gasteiger partial charge is 0.264 e. The lowest BCUT2D eigenvalue weighted by Crippen LogP contribution is -2.30. The summed E-state index contributed by atoms with van der Waals surface area (Å²) in [4.78, 5) is 11.2. The van der Waals surface area contributed by atoms with Crippen LogP contribution in [0.1, 0.15) is 30.1 Å². The molecule has 0 spiro atoms. The molecule has 8 heteroatoms. The first-order valence-corrected chi connectivity index (χ1v) is 9.10. The van der Waals surface area contributed by atoms with Crippen molar-refractivity contribution in [2.75, 3.05) is 6.54 Å². The minimum Gasteiger partial charge on any atom is -0.352 e. The predicted octanol–water partition coefficient (Wildman–Crippen LogP) is 3.18. The summed E-state index contributed by atoms with van der Waals surface area (Å²) in [5.74, 6) is -1.00. The molecular formula is C13H14Cl2FNO3S. The molecule has 21 heavy (non-hydrogen) atoms. The van der Waals surface area contributed by atoms with Crippen molar-refractivity contribution in [2.45, 2.75) is 24.7 Å². The second kappa shape index (κ2) is 6.10. The van der Waals surface area contributed by atoms with Crippen molar-refractivity contribution in [1.82, 2.24) is 5.32 Å². The van der Waals surface area contributed by atoms with E-state index in [1.54, 1.807) is 0 Å². The van der Waals surface area contributed by atoms with Crippen LogP contribution >= 0.6 is 22.3 Å². The van der Waals surface area contributed by atoms with Crippen molar-refractivity contribution in [3.05, 3.63) is 28.5 Å². The molecule has 0 aromatic heterocycles. The van der Waals surface area contributed by atoms with Gasteiger partial charge in [0, 0.05) is 22.2 Å². The lowest BCUT2D eigenvalue weighted by molar-refractivity contribution is 0.0942. The second-order valence-corrected chi connectivity index (χ2v) is 8.20. The highest BCUT2D eigenvalue weighted by molar-refractivity contribution is 8.13. The van der Waals surface area contributed by atoms with E-state index in [-0.39, 0.29) is 5.02 Å². The van der Waals surface area contributed by atoms with E-state index in [0.29, 0.717) is 18.4 Å². The van der Waals surface area contributed by atoms with Gasteiger partial charge in [-0.3, -0.25) is 4.79 Å². The molecule has 0 bridgehead atoms. The van der Waals surface area contributed by atoms with E-state index < -0.39 is 31.2 Å². The molecule has 1 fully saturated rings. The molecule has 1 atom stereocenters. The maximum absolute atomic E-state index is 14.1. The van der Waals surface area contributed by atoms with Crippen molar-refractivity contribution in [2.24, 2.45) is 11.8 Å². The average molecular weight is 354 g/mol. The number of halogens is 3. The number of rotatable bonds is 5. The summed E-state index contributed by atoms with van der Waals surface area (Å²) < 4.78 is 36.7. The van der Waals surface area contributed by atoms with Crippen LogP contribution in [0, 0.1) is 17.7 Å². The van der Waals surface area contributed by atoms with E-state index in [2.05, 4.69) is 5.32 Å². The number of hydrogen-bond donors (Lipinski definition) is 1. The molecule has 0 radical (unpaired) electrons. The van der Waals surface area contributed by atoms with Crippen molar-refractivity contribution >= 4 is 37.2 Å². The molecule has 1 amide bonds. The first-order chi connectivity index (χ1) is 9.70. The fraction of sp³-hybridized carbons (Fsp3) is 0.462. The molecule has 2 rings (SSSR count). The molecule has 1 aromatic carbocycles. The molecule has 1 unspecified atom stereocenters. The van der Waals surface area contributed by atoms with E-state index in [1.807, 2.05) is 6.92 Å². The van der Waals surface area contributed by atoms with Crippen LogP contribution in [0.4, 0.5) is 4.39 Å². The zero-order chi connectivity index (χ0) is 15.8. The van der Waals surface area contributed by atoms with Crippen molar-refractivity contribution < 1.29 is 17.6 Å². The maximum atomic E-state index is 14.1. The Hall–Kier alpha value is -0.850. The van der Waals surface area contributed by atoms with Crippen LogP contribution in [0.3, 0.4) is 0 Å². The number of carbonyl (C=O) groups is 1. The lowest BCUT2D eigenvalue weighted by atomic mass is 10.1. The van der Waals surface area contributed by atoms with Crippen LogP contribution in [0.25, 0.3) is 0 Å². The van der Waals surface area contributed by atoms with E-state index >= 15 is 0 Å². The molecule has 0 saturated heterocycles. The zero-order valence-corrected chi connectivity index (χ0v) is 13.5. The highest BCUT2D eigenvalue weighted by atomic mass is 35.7. The number of amides is 1. The third kappa shape index (κ3) is 4.08. The standard InChI is InChI=1S/C13H14Cl2FNO3S/c1-7(8-2-3-8)6-17-13(18)10-4-9(14)5-11(12(10)16)21(15,19)20/h4-5,7-8H,2-3,6H2,1H3,(H,17,18). The van der Waals surface area contributed by atoms with Gasteiger partial charge in [0.15, 0.2) is 5.82 Å². The largest absolute Gasteiger partial charge is 0.352 e. The van der Waals surface area contributed by atoms with Crippen LogP contribution in [-0.4, -0.2) is 20.9 Å². The zero-order valence-electron chi connectivity index (χ0n) is 11.2. The van der Waals surface area contributed by atoms with Crippen molar-refractivity contribution in [3.8, 4) is 0 Å². The highest BCUT2D eigenvalue weighted by Gasteiger charge is 2.29. The normalized spacial score (nSPS) is 16.6. The van der Waals surface area contributed by atoms with Gasteiger partial charge in [-0.05, 0) is 36.8 Å². The fourth-order valence-corrected chi connectivity index (χ4v) is 3.30. The Kier molecular flexibility index (Phi) is 4.80. The minimum absolute atomic E-state index is 0.0731.